The van der Waals surface area contributed by atoms with Gasteiger partial charge in [-0.2, -0.15) is 0 Å². The minimum absolute atomic E-state index is 0.278. The summed E-state index contributed by atoms with van der Waals surface area (Å²) in [4.78, 5) is 12.1. The molecule has 0 fully saturated rings. The van der Waals surface area contributed by atoms with Gasteiger partial charge in [0, 0.05) is 10.4 Å². The van der Waals surface area contributed by atoms with Gasteiger partial charge in [-0.05, 0) is 47.1 Å². The molecule has 0 aliphatic carbocycles. The summed E-state index contributed by atoms with van der Waals surface area (Å²) in [5.41, 5.74) is 0.931. The lowest BCUT2D eigenvalue weighted by atomic mass is 10.1. The van der Waals surface area contributed by atoms with Gasteiger partial charge in [-0.3, -0.25) is 0 Å². The van der Waals surface area contributed by atoms with Crippen LogP contribution in [0.5, 0.6) is 5.75 Å². The Bertz CT molecular complexity index is 577. The van der Waals surface area contributed by atoms with E-state index >= 15 is 0 Å². The van der Waals surface area contributed by atoms with Crippen molar-refractivity contribution in [1.82, 2.24) is 0 Å². The number of hydrogen-bond acceptors (Lipinski definition) is 3. The van der Waals surface area contributed by atoms with Crippen LogP contribution in [-0.2, 0) is 6.61 Å². The lowest BCUT2D eigenvalue weighted by molar-refractivity contribution is 0.0695. The van der Waals surface area contributed by atoms with Crippen molar-refractivity contribution in [2.24, 2.45) is 0 Å². The van der Waals surface area contributed by atoms with Crippen molar-refractivity contribution in [1.29, 1.82) is 0 Å². The molecule has 0 saturated carbocycles. The van der Waals surface area contributed by atoms with Gasteiger partial charge in [-0.1, -0.05) is 6.07 Å². The molecule has 0 unspecified atom stereocenters. The largest absolute Gasteiger partial charge is 0.488 e. The van der Waals surface area contributed by atoms with Gasteiger partial charge < -0.3 is 9.84 Å². The first kappa shape index (κ1) is 13.1. The molecule has 0 aliphatic rings. The molecule has 1 aromatic heterocycles. The minimum Gasteiger partial charge on any atom is -0.488 e. The molecule has 0 bridgehead atoms. The number of ether oxygens (including phenoxy) is 1. The Morgan fingerprint density at radius 1 is 1.39 bits per heavy atom. The second kappa shape index (κ2) is 5.54. The van der Waals surface area contributed by atoms with Crippen LogP contribution < -0.4 is 4.74 Å². The zero-order chi connectivity index (χ0) is 13.1. The van der Waals surface area contributed by atoms with Gasteiger partial charge in [0.2, 0.25) is 0 Å². The maximum Gasteiger partial charge on any atom is 0.336 e. The Morgan fingerprint density at radius 3 is 2.78 bits per heavy atom. The summed E-state index contributed by atoms with van der Waals surface area (Å²) in [6.45, 7) is 2.20. The van der Waals surface area contributed by atoms with E-state index in [-0.39, 0.29) is 5.56 Å². The maximum absolute atomic E-state index is 11.0. The quantitative estimate of drug-likeness (QED) is 0.920. The third-order valence-corrected chi connectivity index (χ3v) is 4.11. The molecule has 0 saturated heterocycles. The van der Waals surface area contributed by atoms with E-state index in [9.17, 15) is 4.79 Å². The van der Waals surface area contributed by atoms with Crippen LogP contribution in [0.25, 0.3) is 0 Å². The number of benzene rings is 1. The third kappa shape index (κ3) is 2.91. The third-order valence-electron chi connectivity index (χ3n) is 2.51. The highest BCUT2D eigenvalue weighted by atomic mass is 79.9. The number of rotatable bonds is 4. The molecule has 1 aromatic carbocycles. The number of carbonyl (C=O) groups is 1. The molecule has 18 heavy (non-hydrogen) atoms. The summed E-state index contributed by atoms with van der Waals surface area (Å²) >= 11 is 4.99. The summed E-state index contributed by atoms with van der Waals surface area (Å²) in [5, 5.41) is 9.02. The molecule has 5 heteroatoms. The molecule has 0 spiro atoms. The second-order valence-corrected chi connectivity index (χ2v) is 6.28. The Hall–Kier alpha value is -1.33. The number of hydrogen-bond donors (Lipinski definition) is 1. The predicted octanol–water partition coefficient (Wildman–Crippen LogP) is 4.10. The first-order valence-corrected chi connectivity index (χ1v) is 6.89. The molecular formula is C13H11BrO3S. The lowest BCUT2D eigenvalue weighted by Gasteiger charge is -2.09. The summed E-state index contributed by atoms with van der Waals surface area (Å²) in [6, 6.07) is 8.99. The van der Waals surface area contributed by atoms with Crippen molar-refractivity contribution in [3.05, 3.63) is 50.1 Å². The smallest absolute Gasteiger partial charge is 0.336 e. The summed E-state index contributed by atoms with van der Waals surface area (Å²) in [7, 11) is 0. The molecule has 0 amide bonds. The van der Waals surface area contributed by atoms with Crippen LogP contribution in [0.1, 0.15) is 20.8 Å². The summed E-state index contributed by atoms with van der Waals surface area (Å²) in [6.07, 6.45) is 0. The molecule has 1 heterocycles. The molecule has 94 valence electrons. The van der Waals surface area contributed by atoms with Crippen molar-refractivity contribution < 1.29 is 14.6 Å². The lowest BCUT2D eigenvalue weighted by Crippen LogP contribution is -2.02. The standard InChI is InChI=1S/C13H11BrO3S/c1-8-10(13(15)16)3-2-4-11(8)17-7-9-5-6-12(14)18-9/h2-6H,7H2,1H3,(H,15,16). The van der Waals surface area contributed by atoms with Crippen LogP contribution in [0.3, 0.4) is 0 Å². The fraction of sp³-hybridized carbons (Fsp3) is 0.154. The zero-order valence-electron chi connectivity index (χ0n) is 9.64. The molecule has 0 radical (unpaired) electrons. The van der Waals surface area contributed by atoms with Crippen molar-refractivity contribution >= 4 is 33.2 Å². The van der Waals surface area contributed by atoms with Crippen molar-refractivity contribution in [2.45, 2.75) is 13.5 Å². The highest BCUT2D eigenvalue weighted by Gasteiger charge is 2.11. The van der Waals surface area contributed by atoms with Crippen LogP contribution in [-0.4, -0.2) is 11.1 Å². The fourth-order valence-corrected chi connectivity index (χ4v) is 2.98. The van der Waals surface area contributed by atoms with E-state index < -0.39 is 5.97 Å². The SMILES string of the molecule is Cc1c(OCc2ccc(Br)s2)cccc1C(=O)O. The second-order valence-electron chi connectivity index (χ2n) is 3.73. The Kier molecular flexibility index (Phi) is 4.04. The number of carboxylic acid groups (broad SMARTS) is 1. The summed E-state index contributed by atoms with van der Waals surface area (Å²) < 4.78 is 6.71. The number of halogens is 1. The van der Waals surface area contributed by atoms with Crippen LogP contribution >= 0.6 is 27.3 Å². The van der Waals surface area contributed by atoms with Crippen LogP contribution in [0.4, 0.5) is 0 Å². The van der Waals surface area contributed by atoms with E-state index in [2.05, 4.69) is 15.9 Å². The van der Waals surface area contributed by atoms with Gasteiger partial charge in [0.1, 0.15) is 12.4 Å². The predicted molar refractivity (Wildman–Crippen MR) is 74.5 cm³/mol. The van der Waals surface area contributed by atoms with Gasteiger partial charge in [0.25, 0.3) is 0 Å². The van der Waals surface area contributed by atoms with Crippen LogP contribution in [0.15, 0.2) is 34.1 Å². The van der Waals surface area contributed by atoms with Crippen LogP contribution in [0.2, 0.25) is 0 Å². The van der Waals surface area contributed by atoms with E-state index in [1.807, 2.05) is 12.1 Å². The molecule has 0 aliphatic heterocycles. The van der Waals surface area contributed by atoms with Crippen LogP contribution in [0, 0.1) is 6.92 Å². The highest BCUT2D eigenvalue weighted by Crippen LogP contribution is 2.26. The molecule has 1 N–H and O–H groups in total. The zero-order valence-corrected chi connectivity index (χ0v) is 12.0. The van der Waals surface area contributed by atoms with Gasteiger partial charge in [-0.15, -0.1) is 11.3 Å². The number of thiophene rings is 1. The van der Waals surface area contributed by atoms with Gasteiger partial charge in [0.15, 0.2) is 0 Å². The monoisotopic (exact) mass is 326 g/mol. The first-order chi connectivity index (χ1) is 8.58. The topological polar surface area (TPSA) is 46.5 Å². The number of aromatic carboxylic acids is 1. The first-order valence-electron chi connectivity index (χ1n) is 5.28. The van der Waals surface area contributed by atoms with E-state index in [4.69, 9.17) is 9.84 Å². The average molecular weight is 327 g/mol. The van der Waals surface area contributed by atoms with Crippen molar-refractivity contribution in [2.75, 3.05) is 0 Å². The Labute approximate surface area is 117 Å². The summed E-state index contributed by atoms with van der Waals surface area (Å²) in [5.74, 6) is -0.323. The Balaban J connectivity index is 2.14. The average Bonchev–Trinajstić information content (AvgIpc) is 2.73. The van der Waals surface area contributed by atoms with E-state index in [1.54, 1.807) is 36.5 Å². The molecular weight excluding hydrogens is 316 g/mol. The number of carboxylic acids is 1. The van der Waals surface area contributed by atoms with E-state index in [0.29, 0.717) is 17.9 Å². The van der Waals surface area contributed by atoms with E-state index in [0.717, 1.165) is 8.66 Å². The minimum atomic E-state index is -0.934. The van der Waals surface area contributed by atoms with E-state index in [1.165, 1.54) is 0 Å². The molecule has 2 rings (SSSR count). The molecule has 2 aromatic rings. The van der Waals surface area contributed by atoms with Gasteiger partial charge >= 0.3 is 5.97 Å². The van der Waals surface area contributed by atoms with Gasteiger partial charge in [-0.25, -0.2) is 4.79 Å². The Morgan fingerprint density at radius 2 is 2.17 bits per heavy atom. The highest BCUT2D eigenvalue weighted by molar-refractivity contribution is 9.11. The fourth-order valence-electron chi connectivity index (χ4n) is 1.58. The molecule has 0 atom stereocenters. The van der Waals surface area contributed by atoms with Crippen molar-refractivity contribution in [3.8, 4) is 5.75 Å². The molecule has 3 nitrogen and oxygen atoms in total. The normalized spacial score (nSPS) is 10.3. The van der Waals surface area contributed by atoms with Crippen molar-refractivity contribution in [3.63, 3.8) is 0 Å². The maximum atomic E-state index is 11.0. The van der Waals surface area contributed by atoms with Gasteiger partial charge in [0.05, 0.1) is 9.35 Å².